The predicted octanol–water partition coefficient (Wildman–Crippen LogP) is 2.14. The van der Waals surface area contributed by atoms with Crippen molar-refractivity contribution < 1.29 is 0 Å². The third kappa shape index (κ3) is 9.84. The van der Waals surface area contributed by atoms with Crippen molar-refractivity contribution in [1.29, 1.82) is 0 Å². The van der Waals surface area contributed by atoms with Crippen LogP contribution in [0.25, 0.3) is 0 Å². The van der Waals surface area contributed by atoms with Crippen LogP contribution in [0, 0.1) is 5.92 Å². The maximum Gasteiger partial charge on any atom is 0.00975 e. The summed E-state index contributed by atoms with van der Waals surface area (Å²) in [5, 5.41) is 3.45. The Morgan fingerprint density at radius 1 is 1.38 bits per heavy atom. The van der Waals surface area contributed by atoms with Crippen LogP contribution in [-0.2, 0) is 0 Å². The highest BCUT2D eigenvalue weighted by Crippen LogP contribution is 2.05. The molecular weight excluding hydrogens is 160 g/mol. The van der Waals surface area contributed by atoms with Gasteiger partial charge in [0.05, 0.1) is 0 Å². The Morgan fingerprint density at radius 3 is 2.46 bits per heavy atom. The molecule has 13 heavy (non-hydrogen) atoms. The van der Waals surface area contributed by atoms with Gasteiger partial charge in [0.15, 0.2) is 0 Å². The van der Waals surface area contributed by atoms with E-state index in [1.54, 1.807) is 0 Å². The van der Waals surface area contributed by atoms with Crippen molar-refractivity contribution in [1.82, 2.24) is 5.32 Å². The molecule has 1 atom stereocenters. The predicted molar refractivity (Wildman–Crippen MR) is 59.8 cm³/mol. The number of nitrogens with two attached hydrogens (primary N) is 1. The minimum atomic E-state index is -0.00193. The van der Waals surface area contributed by atoms with Crippen LogP contribution < -0.4 is 11.1 Å². The fourth-order valence-corrected chi connectivity index (χ4v) is 1.16. The van der Waals surface area contributed by atoms with Crippen molar-refractivity contribution in [2.45, 2.75) is 52.5 Å². The minimum Gasteiger partial charge on any atom is -0.326 e. The van der Waals surface area contributed by atoms with Crippen LogP contribution in [0.1, 0.15) is 47.0 Å². The molecule has 0 spiro atoms. The zero-order valence-electron chi connectivity index (χ0n) is 9.69. The Bertz CT molecular complexity index is 116. The highest BCUT2D eigenvalue weighted by atomic mass is 14.9. The first-order valence-corrected chi connectivity index (χ1v) is 5.45. The van der Waals surface area contributed by atoms with Crippen LogP contribution in [0.2, 0.25) is 0 Å². The first-order chi connectivity index (χ1) is 5.95. The number of hydrogen-bond acceptors (Lipinski definition) is 2. The van der Waals surface area contributed by atoms with Gasteiger partial charge in [0.25, 0.3) is 0 Å². The molecule has 3 N–H and O–H groups in total. The zero-order chi connectivity index (χ0) is 10.3. The summed E-state index contributed by atoms with van der Waals surface area (Å²) in [4.78, 5) is 0. The summed E-state index contributed by atoms with van der Waals surface area (Å²) in [6.07, 6.45) is 3.54. The Labute approximate surface area is 83.3 Å². The van der Waals surface area contributed by atoms with Gasteiger partial charge < -0.3 is 11.1 Å². The Morgan fingerprint density at radius 2 is 2.00 bits per heavy atom. The van der Waals surface area contributed by atoms with Gasteiger partial charge in [-0.05, 0) is 45.7 Å². The molecule has 0 aromatic rings. The molecule has 0 aromatic carbocycles. The molecular formula is C11H26N2. The molecule has 0 saturated heterocycles. The monoisotopic (exact) mass is 186 g/mol. The maximum absolute atomic E-state index is 5.88. The average molecular weight is 186 g/mol. The van der Waals surface area contributed by atoms with E-state index in [9.17, 15) is 0 Å². The molecule has 2 heteroatoms. The van der Waals surface area contributed by atoms with Crippen molar-refractivity contribution >= 4 is 0 Å². The average Bonchev–Trinajstić information content (AvgIpc) is 2.01. The van der Waals surface area contributed by atoms with Gasteiger partial charge in [0, 0.05) is 5.54 Å². The van der Waals surface area contributed by atoms with Crippen molar-refractivity contribution in [3.8, 4) is 0 Å². The third-order valence-corrected chi connectivity index (χ3v) is 2.36. The summed E-state index contributed by atoms with van der Waals surface area (Å²) >= 11 is 0. The van der Waals surface area contributed by atoms with Gasteiger partial charge in [-0.25, -0.2) is 0 Å². The lowest BCUT2D eigenvalue weighted by Gasteiger charge is -2.18. The van der Waals surface area contributed by atoms with E-state index in [1.807, 2.05) is 0 Å². The van der Waals surface area contributed by atoms with Gasteiger partial charge in [-0.1, -0.05) is 20.3 Å². The van der Waals surface area contributed by atoms with Crippen LogP contribution >= 0.6 is 0 Å². The zero-order valence-corrected chi connectivity index (χ0v) is 9.69. The molecule has 1 unspecified atom stereocenters. The molecule has 0 heterocycles. The van der Waals surface area contributed by atoms with Crippen LogP contribution in [-0.4, -0.2) is 18.6 Å². The van der Waals surface area contributed by atoms with E-state index in [4.69, 9.17) is 5.73 Å². The Kier molecular flexibility index (Phi) is 6.35. The van der Waals surface area contributed by atoms with E-state index < -0.39 is 0 Å². The molecule has 0 bridgehead atoms. The van der Waals surface area contributed by atoms with Crippen molar-refractivity contribution in [3.63, 3.8) is 0 Å². The fourth-order valence-electron chi connectivity index (χ4n) is 1.16. The topological polar surface area (TPSA) is 38.0 Å². The first kappa shape index (κ1) is 12.9. The van der Waals surface area contributed by atoms with E-state index in [2.05, 4.69) is 33.0 Å². The smallest absolute Gasteiger partial charge is 0.00975 e. The SMILES string of the molecule is CCC(C)CNCCCC(C)(C)N. The number of nitrogens with one attached hydrogen (secondary N) is 1. The van der Waals surface area contributed by atoms with Gasteiger partial charge in [0.1, 0.15) is 0 Å². The normalized spacial score (nSPS) is 14.5. The summed E-state index contributed by atoms with van der Waals surface area (Å²) < 4.78 is 0. The highest BCUT2D eigenvalue weighted by Gasteiger charge is 2.08. The lowest BCUT2D eigenvalue weighted by atomic mass is 10.0. The molecule has 0 saturated carbocycles. The Hall–Kier alpha value is -0.0800. The van der Waals surface area contributed by atoms with Gasteiger partial charge >= 0.3 is 0 Å². The molecule has 0 radical (unpaired) electrons. The molecule has 0 rings (SSSR count). The molecule has 0 aromatic heterocycles. The van der Waals surface area contributed by atoms with Gasteiger partial charge in [-0.2, -0.15) is 0 Å². The van der Waals surface area contributed by atoms with Gasteiger partial charge in [-0.3, -0.25) is 0 Å². The second-order valence-electron chi connectivity index (χ2n) is 4.81. The van der Waals surface area contributed by atoms with Crippen molar-refractivity contribution in [2.75, 3.05) is 13.1 Å². The molecule has 0 aliphatic rings. The third-order valence-electron chi connectivity index (χ3n) is 2.36. The van der Waals surface area contributed by atoms with E-state index >= 15 is 0 Å². The summed E-state index contributed by atoms with van der Waals surface area (Å²) in [7, 11) is 0. The van der Waals surface area contributed by atoms with Crippen LogP contribution in [0.5, 0.6) is 0 Å². The Balaban J connectivity index is 3.18. The second kappa shape index (κ2) is 6.39. The maximum atomic E-state index is 5.88. The van der Waals surface area contributed by atoms with Crippen LogP contribution in [0.15, 0.2) is 0 Å². The molecule has 0 aliphatic carbocycles. The van der Waals surface area contributed by atoms with Gasteiger partial charge in [-0.15, -0.1) is 0 Å². The molecule has 0 fully saturated rings. The van der Waals surface area contributed by atoms with E-state index in [0.717, 1.165) is 25.4 Å². The standard InChI is InChI=1S/C11H26N2/c1-5-10(2)9-13-8-6-7-11(3,4)12/h10,13H,5-9,12H2,1-4H3. The molecule has 0 amide bonds. The van der Waals surface area contributed by atoms with E-state index in [-0.39, 0.29) is 5.54 Å². The minimum absolute atomic E-state index is 0.00193. The number of hydrogen-bond donors (Lipinski definition) is 2. The van der Waals surface area contributed by atoms with Crippen LogP contribution in [0.4, 0.5) is 0 Å². The highest BCUT2D eigenvalue weighted by molar-refractivity contribution is 4.71. The largest absolute Gasteiger partial charge is 0.326 e. The first-order valence-electron chi connectivity index (χ1n) is 5.45. The fraction of sp³-hybridized carbons (Fsp3) is 1.00. The summed E-state index contributed by atoms with van der Waals surface area (Å²) in [5.74, 6) is 0.797. The second-order valence-corrected chi connectivity index (χ2v) is 4.81. The molecule has 2 nitrogen and oxygen atoms in total. The van der Waals surface area contributed by atoms with E-state index in [1.165, 1.54) is 12.8 Å². The molecule has 0 aliphatic heterocycles. The van der Waals surface area contributed by atoms with Crippen LogP contribution in [0.3, 0.4) is 0 Å². The van der Waals surface area contributed by atoms with Crippen molar-refractivity contribution in [3.05, 3.63) is 0 Å². The quantitative estimate of drug-likeness (QED) is 0.598. The lowest BCUT2D eigenvalue weighted by Crippen LogP contribution is -2.33. The summed E-state index contributed by atoms with van der Waals surface area (Å²) in [5.41, 5.74) is 5.87. The van der Waals surface area contributed by atoms with E-state index in [0.29, 0.717) is 0 Å². The summed E-state index contributed by atoms with van der Waals surface area (Å²) in [6, 6.07) is 0. The molecule has 80 valence electrons. The summed E-state index contributed by atoms with van der Waals surface area (Å²) in [6.45, 7) is 10.9. The lowest BCUT2D eigenvalue weighted by molar-refractivity contribution is 0.433. The van der Waals surface area contributed by atoms with Gasteiger partial charge in [0.2, 0.25) is 0 Å². The number of rotatable bonds is 7. The van der Waals surface area contributed by atoms with Crippen molar-refractivity contribution in [2.24, 2.45) is 11.7 Å².